The standard InChI is InChI=1S/C26H30BrNO2S/c27-20-12-13-24-23(17-20)26(14-5-2-6-15-26)18-28(24)25(29)19-8-7-11-22(16-19)31(30)21-9-3-1-4-10-21/h7-8,11-13,16-17,21H,1-6,9-10,14-15,18H2. The van der Waals surface area contributed by atoms with Crippen LogP contribution in [-0.4, -0.2) is 21.9 Å². The number of carbonyl (C=O) groups is 1. The van der Waals surface area contributed by atoms with E-state index < -0.39 is 10.8 Å². The zero-order valence-electron chi connectivity index (χ0n) is 17.9. The number of hydrogen-bond acceptors (Lipinski definition) is 2. The second-order valence-corrected chi connectivity index (χ2v) is 12.1. The molecular weight excluding hydrogens is 470 g/mol. The lowest BCUT2D eigenvalue weighted by Crippen LogP contribution is -2.38. The van der Waals surface area contributed by atoms with Gasteiger partial charge >= 0.3 is 0 Å². The van der Waals surface area contributed by atoms with E-state index in [1.807, 2.05) is 35.2 Å². The fraction of sp³-hybridized carbons (Fsp3) is 0.500. The van der Waals surface area contributed by atoms with E-state index in [2.05, 4.69) is 28.1 Å². The van der Waals surface area contributed by atoms with Crippen molar-refractivity contribution < 1.29 is 9.00 Å². The van der Waals surface area contributed by atoms with Crippen LogP contribution in [0, 0.1) is 0 Å². The molecule has 2 saturated carbocycles. The molecule has 31 heavy (non-hydrogen) atoms. The fourth-order valence-electron chi connectivity index (χ4n) is 5.86. The fourth-order valence-corrected chi connectivity index (χ4v) is 7.82. The van der Waals surface area contributed by atoms with Crippen LogP contribution in [-0.2, 0) is 16.2 Å². The molecule has 1 spiro atoms. The molecule has 1 heterocycles. The summed E-state index contributed by atoms with van der Waals surface area (Å²) in [6.45, 7) is 0.758. The van der Waals surface area contributed by atoms with Gasteiger partial charge in [0, 0.05) is 37.8 Å². The minimum Gasteiger partial charge on any atom is -0.307 e. The van der Waals surface area contributed by atoms with Crippen LogP contribution in [0.25, 0.3) is 0 Å². The number of halogens is 1. The molecule has 0 saturated heterocycles. The van der Waals surface area contributed by atoms with Crippen LogP contribution in [0.1, 0.15) is 80.1 Å². The van der Waals surface area contributed by atoms with Gasteiger partial charge in [0.1, 0.15) is 0 Å². The van der Waals surface area contributed by atoms with Crippen molar-refractivity contribution in [2.75, 3.05) is 11.4 Å². The van der Waals surface area contributed by atoms with E-state index in [0.29, 0.717) is 5.56 Å². The van der Waals surface area contributed by atoms with Crippen molar-refractivity contribution in [1.82, 2.24) is 0 Å². The van der Waals surface area contributed by atoms with Gasteiger partial charge in [0.05, 0.1) is 10.8 Å². The van der Waals surface area contributed by atoms with Crippen molar-refractivity contribution in [2.24, 2.45) is 0 Å². The van der Waals surface area contributed by atoms with E-state index in [4.69, 9.17) is 0 Å². The maximum absolute atomic E-state index is 13.7. The molecule has 2 fully saturated rings. The molecule has 2 aromatic carbocycles. The predicted molar refractivity (Wildman–Crippen MR) is 130 cm³/mol. The highest BCUT2D eigenvalue weighted by Gasteiger charge is 2.45. The molecule has 2 aliphatic carbocycles. The average molecular weight is 501 g/mol. The summed E-state index contributed by atoms with van der Waals surface area (Å²) in [4.78, 5) is 16.5. The van der Waals surface area contributed by atoms with E-state index in [1.54, 1.807) is 0 Å². The number of anilines is 1. The maximum atomic E-state index is 13.7. The summed E-state index contributed by atoms with van der Waals surface area (Å²) in [5.74, 6) is 0.0357. The highest BCUT2D eigenvalue weighted by atomic mass is 79.9. The second-order valence-electron chi connectivity index (χ2n) is 9.48. The van der Waals surface area contributed by atoms with Crippen molar-refractivity contribution >= 4 is 38.3 Å². The first-order chi connectivity index (χ1) is 15.1. The first-order valence-corrected chi connectivity index (χ1v) is 13.7. The molecule has 0 N–H and O–H groups in total. The Morgan fingerprint density at radius 3 is 2.48 bits per heavy atom. The third-order valence-corrected chi connectivity index (χ3v) is 9.79. The molecule has 0 aromatic heterocycles. The molecule has 5 heteroatoms. The van der Waals surface area contributed by atoms with Crippen molar-refractivity contribution in [1.29, 1.82) is 0 Å². The monoisotopic (exact) mass is 499 g/mol. The van der Waals surface area contributed by atoms with E-state index in [0.717, 1.165) is 60.1 Å². The lowest BCUT2D eigenvalue weighted by atomic mass is 9.71. The minimum absolute atomic E-state index is 0.0357. The van der Waals surface area contributed by atoms with Crippen LogP contribution in [0.3, 0.4) is 0 Å². The van der Waals surface area contributed by atoms with Crippen molar-refractivity contribution in [3.05, 3.63) is 58.1 Å². The smallest absolute Gasteiger partial charge is 0.258 e. The highest BCUT2D eigenvalue weighted by Crippen LogP contribution is 2.50. The Morgan fingerprint density at radius 1 is 0.968 bits per heavy atom. The largest absolute Gasteiger partial charge is 0.307 e. The molecule has 0 bridgehead atoms. The lowest BCUT2D eigenvalue weighted by molar-refractivity contribution is 0.0982. The van der Waals surface area contributed by atoms with Gasteiger partial charge in [0.2, 0.25) is 0 Å². The molecule has 1 atom stereocenters. The minimum atomic E-state index is -1.03. The van der Waals surface area contributed by atoms with Gasteiger partial charge < -0.3 is 4.90 Å². The second kappa shape index (κ2) is 8.82. The molecular formula is C26H30BrNO2S. The summed E-state index contributed by atoms with van der Waals surface area (Å²) in [6.07, 6.45) is 11.7. The normalized spacial score (nSPS) is 21.8. The summed E-state index contributed by atoms with van der Waals surface area (Å²) in [5.41, 5.74) is 3.10. The van der Waals surface area contributed by atoms with Crippen LogP contribution >= 0.6 is 15.9 Å². The Balaban J connectivity index is 1.45. The van der Waals surface area contributed by atoms with Crippen LogP contribution < -0.4 is 4.90 Å². The van der Waals surface area contributed by atoms with E-state index in [1.165, 1.54) is 31.2 Å². The van der Waals surface area contributed by atoms with Crippen LogP contribution in [0.15, 0.2) is 51.8 Å². The number of nitrogens with zero attached hydrogens (tertiary/aromatic N) is 1. The van der Waals surface area contributed by atoms with Gasteiger partial charge in [-0.3, -0.25) is 9.00 Å². The Hall–Kier alpha value is -1.46. The van der Waals surface area contributed by atoms with E-state index in [-0.39, 0.29) is 16.6 Å². The van der Waals surface area contributed by atoms with E-state index in [9.17, 15) is 9.00 Å². The van der Waals surface area contributed by atoms with Gasteiger partial charge in [-0.15, -0.1) is 0 Å². The zero-order valence-corrected chi connectivity index (χ0v) is 20.3. The van der Waals surface area contributed by atoms with Crippen LogP contribution in [0.5, 0.6) is 0 Å². The molecule has 3 aliphatic rings. The van der Waals surface area contributed by atoms with Crippen molar-refractivity contribution in [2.45, 2.75) is 79.8 Å². The summed E-state index contributed by atoms with van der Waals surface area (Å²) in [5, 5.41) is 0.231. The van der Waals surface area contributed by atoms with Gasteiger partial charge in [0.15, 0.2) is 0 Å². The molecule has 164 valence electrons. The lowest BCUT2D eigenvalue weighted by Gasteiger charge is -2.34. The third kappa shape index (κ3) is 4.04. The average Bonchev–Trinajstić information content (AvgIpc) is 3.12. The molecule has 3 nitrogen and oxygen atoms in total. The van der Waals surface area contributed by atoms with Crippen molar-refractivity contribution in [3.8, 4) is 0 Å². The Kier molecular flexibility index (Phi) is 6.09. The van der Waals surface area contributed by atoms with Gasteiger partial charge in [0.25, 0.3) is 5.91 Å². The van der Waals surface area contributed by atoms with Crippen LogP contribution in [0.2, 0.25) is 0 Å². The first-order valence-electron chi connectivity index (χ1n) is 11.7. The number of rotatable bonds is 3. The SMILES string of the molecule is O=C(c1cccc(S(=O)C2CCCCC2)c1)N1CC2(CCCCC2)c2cc(Br)ccc21. The number of hydrogen-bond donors (Lipinski definition) is 0. The first kappa shape index (κ1) is 21.4. The predicted octanol–water partition coefficient (Wildman–Crippen LogP) is 6.75. The molecule has 1 unspecified atom stereocenters. The summed E-state index contributed by atoms with van der Waals surface area (Å²) in [6, 6.07) is 14.0. The van der Waals surface area contributed by atoms with Crippen LogP contribution in [0.4, 0.5) is 5.69 Å². The Bertz CT molecular complexity index is 1010. The van der Waals surface area contributed by atoms with Gasteiger partial charge in [-0.25, -0.2) is 0 Å². The zero-order chi connectivity index (χ0) is 21.4. The third-order valence-electron chi connectivity index (χ3n) is 7.51. The molecule has 1 aliphatic heterocycles. The maximum Gasteiger partial charge on any atom is 0.258 e. The van der Waals surface area contributed by atoms with Gasteiger partial charge in [-0.1, -0.05) is 60.5 Å². The quantitative estimate of drug-likeness (QED) is 0.468. The number of carbonyl (C=O) groups excluding carboxylic acids is 1. The van der Waals surface area contributed by atoms with Crippen molar-refractivity contribution in [3.63, 3.8) is 0 Å². The Morgan fingerprint density at radius 2 is 1.71 bits per heavy atom. The topological polar surface area (TPSA) is 37.4 Å². The Labute approximate surface area is 196 Å². The molecule has 1 amide bonds. The molecule has 0 radical (unpaired) electrons. The molecule has 2 aromatic rings. The number of fused-ring (bicyclic) bond motifs is 2. The highest BCUT2D eigenvalue weighted by molar-refractivity contribution is 9.10. The number of amides is 1. The van der Waals surface area contributed by atoms with Gasteiger partial charge in [-0.05, 0) is 67.6 Å². The summed E-state index contributed by atoms with van der Waals surface area (Å²) in [7, 11) is -1.03. The number of benzene rings is 2. The van der Waals surface area contributed by atoms with E-state index >= 15 is 0 Å². The summed E-state index contributed by atoms with van der Waals surface area (Å²) < 4.78 is 14.2. The molecule has 5 rings (SSSR count). The summed E-state index contributed by atoms with van der Waals surface area (Å²) >= 11 is 3.64. The van der Waals surface area contributed by atoms with Gasteiger partial charge in [-0.2, -0.15) is 0 Å².